The zero-order valence-electron chi connectivity index (χ0n) is 16.2. The Morgan fingerprint density at radius 1 is 0.923 bits per heavy atom. The lowest BCUT2D eigenvalue weighted by Gasteiger charge is -2.32. The van der Waals surface area contributed by atoms with Gasteiger partial charge in [-0.05, 0) is 62.8 Å². The molecule has 1 heterocycles. The molecule has 26 heavy (non-hydrogen) atoms. The summed E-state index contributed by atoms with van der Waals surface area (Å²) < 4.78 is 0. The van der Waals surface area contributed by atoms with Crippen molar-refractivity contribution >= 4 is 11.8 Å². The van der Waals surface area contributed by atoms with Gasteiger partial charge in [0.2, 0.25) is 5.91 Å². The summed E-state index contributed by atoms with van der Waals surface area (Å²) >= 11 is 0. The highest BCUT2D eigenvalue weighted by atomic mass is 16.2. The Morgan fingerprint density at radius 2 is 1.58 bits per heavy atom. The highest BCUT2D eigenvalue weighted by Gasteiger charge is 2.29. The molecule has 0 bridgehead atoms. The van der Waals surface area contributed by atoms with Gasteiger partial charge >= 0.3 is 0 Å². The predicted octanol–water partition coefficient (Wildman–Crippen LogP) is 3.99. The van der Waals surface area contributed by atoms with Crippen LogP contribution in [0.3, 0.4) is 0 Å². The number of nitrogens with one attached hydrogen (secondary N) is 1. The van der Waals surface area contributed by atoms with Crippen molar-refractivity contribution in [3.8, 4) is 0 Å². The fraction of sp³-hybridized carbons (Fsp3) is 0.636. The third-order valence-electron chi connectivity index (χ3n) is 6.11. The van der Waals surface area contributed by atoms with Crippen LogP contribution < -0.4 is 5.32 Å². The lowest BCUT2D eigenvalue weighted by atomic mass is 9.94. The van der Waals surface area contributed by atoms with Crippen LogP contribution in [-0.4, -0.2) is 35.8 Å². The number of benzene rings is 1. The Labute approximate surface area is 157 Å². The Balaban J connectivity index is 1.50. The largest absolute Gasteiger partial charge is 0.353 e. The molecular formula is C22H32N2O2. The summed E-state index contributed by atoms with van der Waals surface area (Å²) in [6.07, 6.45) is 8.84. The molecule has 2 fully saturated rings. The molecule has 1 N–H and O–H groups in total. The second kappa shape index (κ2) is 8.70. The summed E-state index contributed by atoms with van der Waals surface area (Å²) in [5.74, 6) is 0.355. The number of rotatable bonds is 3. The number of piperidine rings is 1. The quantitative estimate of drug-likeness (QED) is 0.833. The lowest BCUT2D eigenvalue weighted by Crippen LogP contribution is -2.45. The summed E-state index contributed by atoms with van der Waals surface area (Å²) in [4.78, 5) is 27.2. The van der Waals surface area contributed by atoms with E-state index in [1.165, 1.54) is 31.2 Å². The van der Waals surface area contributed by atoms with Gasteiger partial charge in [-0.3, -0.25) is 9.59 Å². The standard InChI is InChI=1S/C22H32N2O2/c1-16-9-10-19(15-17(16)2)22(26)24-13-11-18(12-14-24)21(25)23-20-7-5-3-4-6-8-20/h9-10,15,18,20H,3-8,11-14H2,1-2H3,(H,23,25). The maximum absolute atomic E-state index is 12.7. The van der Waals surface area contributed by atoms with Gasteiger partial charge in [-0.2, -0.15) is 0 Å². The van der Waals surface area contributed by atoms with Crippen LogP contribution in [0.5, 0.6) is 0 Å². The van der Waals surface area contributed by atoms with Crippen molar-refractivity contribution in [3.63, 3.8) is 0 Å². The van der Waals surface area contributed by atoms with Gasteiger partial charge in [-0.1, -0.05) is 31.7 Å². The zero-order chi connectivity index (χ0) is 18.5. The van der Waals surface area contributed by atoms with Gasteiger partial charge in [0.05, 0.1) is 0 Å². The second-order valence-corrected chi connectivity index (χ2v) is 8.06. The number of amides is 2. The van der Waals surface area contributed by atoms with Gasteiger partial charge in [0.25, 0.3) is 5.91 Å². The second-order valence-electron chi connectivity index (χ2n) is 8.06. The van der Waals surface area contributed by atoms with E-state index < -0.39 is 0 Å². The van der Waals surface area contributed by atoms with E-state index in [9.17, 15) is 9.59 Å². The van der Waals surface area contributed by atoms with Crippen LogP contribution in [0.4, 0.5) is 0 Å². The van der Waals surface area contributed by atoms with Crippen LogP contribution in [-0.2, 0) is 4.79 Å². The number of nitrogens with zero attached hydrogens (tertiary/aromatic N) is 1. The molecule has 0 aromatic heterocycles. The van der Waals surface area contributed by atoms with Gasteiger partial charge in [0.15, 0.2) is 0 Å². The van der Waals surface area contributed by atoms with E-state index in [4.69, 9.17) is 0 Å². The molecule has 1 aromatic rings. The molecule has 2 aliphatic rings. The zero-order valence-corrected chi connectivity index (χ0v) is 16.2. The third kappa shape index (κ3) is 4.66. The van der Waals surface area contributed by atoms with Gasteiger partial charge in [-0.15, -0.1) is 0 Å². The molecule has 1 saturated carbocycles. The molecule has 1 aliphatic carbocycles. The number of carbonyl (C=O) groups excluding carboxylic acids is 2. The average molecular weight is 357 g/mol. The van der Waals surface area contributed by atoms with Crippen molar-refractivity contribution in [1.82, 2.24) is 10.2 Å². The summed E-state index contributed by atoms with van der Waals surface area (Å²) in [5.41, 5.74) is 3.11. The van der Waals surface area contributed by atoms with Crippen molar-refractivity contribution in [2.45, 2.75) is 71.3 Å². The Morgan fingerprint density at radius 3 is 2.19 bits per heavy atom. The highest BCUT2D eigenvalue weighted by Crippen LogP contribution is 2.22. The highest BCUT2D eigenvalue weighted by molar-refractivity contribution is 5.94. The molecule has 3 rings (SSSR count). The molecule has 0 spiro atoms. The summed E-state index contributed by atoms with van der Waals surface area (Å²) in [5, 5.41) is 3.28. The first-order valence-corrected chi connectivity index (χ1v) is 10.2. The van der Waals surface area contributed by atoms with E-state index in [2.05, 4.69) is 12.2 Å². The molecule has 0 radical (unpaired) electrons. The van der Waals surface area contributed by atoms with Crippen molar-refractivity contribution in [2.24, 2.45) is 5.92 Å². The molecule has 2 amide bonds. The van der Waals surface area contributed by atoms with Gasteiger partial charge in [0, 0.05) is 30.6 Å². The van der Waals surface area contributed by atoms with Gasteiger partial charge in [0.1, 0.15) is 0 Å². The first-order chi connectivity index (χ1) is 12.5. The number of carbonyl (C=O) groups is 2. The Hall–Kier alpha value is -1.84. The van der Waals surface area contributed by atoms with E-state index in [-0.39, 0.29) is 17.7 Å². The predicted molar refractivity (Wildman–Crippen MR) is 104 cm³/mol. The maximum Gasteiger partial charge on any atom is 0.253 e. The molecule has 1 saturated heterocycles. The van der Waals surface area contributed by atoms with E-state index in [0.717, 1.165) is 36.8 Å². The minimum atomic E-state index is 0.0575. The van der Waals surface area contributed by atoms with Crippen molar-refractivity contribution < 1.29 is 9.59 Å². The third-order valence-corrected chi connectivity index (χ3v) is 6.11. The monoisotopic (exact) mass is 356 g/mol. The number of hydrogen-bond acceptors (Lipinski definition) is 2. The van der Waals surface area contributed by atoms with E-state index in [0.29, 0.717) is 19.1 Å². The van der Waals surface area contributed by atoms with Crippen molar-refractivity contribution in [3.05, 3.63) is 34.9 Å². The van der Waals surface area contributed by atoms with Gasteiger partial charge in [-0.25, -0.2) is 0 Å². The molecule has 1 aromatic carbocycles. The van der Waals surface area contributed by atoms with E-state index in [1.807, 2.05) is 30.0 Å². The molecule has 1 aliphatic heterocycles. The SMILES string of the molecule is Cc1ccc(C(=O)N2CCC(C(=O)NC3CCCCCC3)CC2)cc1C. The minimum Gasteiger partial charge on any atom is -0.353 e. The first-order valence-electron chi connectivity index (χ1n) is 10.2. The lowest BCUT2D eigenvalue weighted by molar-refractivity contribution is -0.127. The normalized spacial score (nSPS) is 19.8. The molecule has 4 heteroatoms. The number of likely N-dealkylation sites (tertiary alicyclic amines) is 1. The molecule has 0 atom stereocenters. The summed E-state index contributed by atoms with van der Waals surface area (Å²) in [6.45, 7) is 5.45. The minimum absolute atomic E-state index is 0.0575. The molecule has 0 unspecified atom stereocenters. The fourth-order valence-corrected chi connectivity index (χ4v) is 4.14. The van der Waals surface area contributed by atoms with Crippen LogP contribution in [0.2, 0.25) is 0 Å². The smallest absolute Gasteiger partial charge is 0.253 e. The van der Waals surface area contributed by atoms with E-state index in [1.54, 1.807) is 0 Å². The first kappa shape index (κ1) is 18.9. The fourth-order valence-electron chi connectivity index (χ4n) is 4.14. The van der Waals surface area contributed by atoms with E-state index >= 15 is 0 Å². The van der Waals surface area contributed by atoms with Crippen molar-refractivity contribution in [1.29, 1.82) is 0 Å². The van der Waals surface area contributed by atoms with Crippen LogP contribution in [0.25, 0.3) is 0 Å². The van der Waals surface area contributed by atoms with Crippen LogP contribution in [0.15, 0.2) is 18.2 Å². The topological polar surface area (TPSA) is 49.4 Å². The molecule has 4 nitrogen and oxygen atoms in total. The number of aryl methyl sites for hydroxylation is 2. The summed E-state index contributed by atoms with van der Waals surface area (Å²) in [7, 11) is 0. The maximum atomic E-state index is 12.7. The van der Waals surface area contributed by atoms with Gasteiger partial charge < -0.3 is 10.2 Å². The Bertz CT molecular complexity index is 640. The molecular weight excluding hydrogens is 324 g/mol. The van der Waals surface area contributed by atoms with Crippen LogP contribution in [0.1, 0.15) is 72.9 Å². The summed E-state index contributed by atoms with van der Waals surface area (Å²) in [6, 6.07) is 6.26. The van der Waals surface area contributed by atoms with Crippen LogP contribution >= 0.6 is 0 Å². The molecule has 142 valence electrons. The number of hydrogen-bond donors (Lipinski definition) is 1. The Kier molecular flexibility index (Phi) is 6.33. The average Bonchev–Trinajstić information content (AvgIpc) is 2.92. The van der Waals surface area contributed by atoms with Crippen molar-refractivity contribution in [2.75, 3.05) is 13.1 Å². The van der Waals surface area contributed by atoms with Crippen LogP contribution in [0, 0.1) is 19.8 Å².